The van der Waals surface area contributed by atoms with Crippen LogP contribution in [0.15, 0.2) is 0 Å². The second-order valence-electron chi connectivity index (χ2n) is 1.78. The van der Waals surface area contributed by atoms with Gasteiger partial charge in [-0.25, -0.2) is 0 Å². The van der Waals surface area contributed by atoms with E-state index in [1.807, 2.05) is 0 Å². The van der Waals surface area contributed by atoms with Gasteiger partial charge >= 0.3 is 11.8 Å². The van der Waals surface area contributed by atoms with Gasteiger partial charge in [-0.15, -0.1) is 0 Å². The van der Waals surface area contributed by atoms with Crippen LogP contribution in [-0.4, -0.2) is 11.8 Å². The van der Waals surface area contributed by atoms with Gasteiger partial charge < -0.3 is 0 Å². The maximum Gasteiger partial charge on any atom is 0.326 e. The number of amides is 1. The zero-order chi connectivity index (χ0) is 7.49. The molecule has 1 radical (unpaired) electrons. The van der Waals surface area contributed by atoms with Crippen LogP contribution in [-0.2, 0) is 4.79 Å². The predicted molar refractivity (Wildman–Crippen MR) is 28.0 cm³/mol. The maximum atomic E-state index is 12.0. The first-order valence-electron chi connectivity index (χ1n) is 2.64. The van der Waals surface area contributed by atoms with Crippen LogP contribution in [0.3, 0.4) is 0 Å². The monoisotopic (exact) mass is 136 g/mol. The molecule has 4 heteroatoms. The Balaban J connectivity index is 3.85. The highest BCUT2D eigenvalue weighted by Crippen LogP contribution is 2.19. The minimum absolute atomic E-state index is 0.220. The van der Waals surface area contributed by atoms with E-state index in [4.69, 9.17) is 5.73 Å². The fourth-order valence-corrected chi connectivity index (χ4v) is 0.428. The van der Waals surface area contributed by atoms with Crippen LogP contribution < -0.4 is 5.73 Å². The van der Waals surface area contributed by atoms with Crippen LogP contribution in [0.2, 0.25) is 0 Å². The van der Waals surface area contributed by atoms with Crippen molar-refractivity contribution in [2.24, 2.45) is 0 Å². The van der Waals surface area contributed by atoms with Crippen LogP contribution in [0, 0.1) is 0 Å². The first-order valence-corrected chi connectivity index (χ1v) is 2.64. The zero-order valence-electron chi connectivity index (χ0n) is 5.08. The molecule has 0 fully saturated rings. The molecule has 0 rings (SSSR count). The zero-order valence-corrected chi connectivity index (χ0v) is 5.08. The number of carbonyl (C=O) groups is 1. The second kappa shape index (κ2) is 2.75. The fraction of sp³-hybridized carbons (Fsp3) is 0.800. The van der Waals surface area contributed by atoms with Crippen molar-refractivity contribution < 1.29 is 13.6 Å². The molecule has 53 valence electrons. The lowest BCUT2D eigenvalue weighted by Gasteiger charge is -2.07. The third-order valence-electron chi connectivity index (χ3n) is 0.896. The summed E-state index contributed by atoms with van der Waals surface area (Å²) < 4.78 is 24.0. The van der Waals surface area contributed by atoms with E-state index in [9.17, 15) is 13.6 Å². The molecule has 0 atom stereocenters. The number of hydrogen-bond donors (Lipinski definition) is 0. The van der Waals surface area contributed by atoms with E-state index in [-0.39, 0.29) is 6.42 Å². The molecule has 2 nitrogen and oxygen atoms in total. The first kappa shape index (κ1) is 8.33. The number of rotatable bonds is 3. The lowest BCUT2D eigenvalue weighted by Crippen LogP contribution is -2.28. The van der Waals surface area contributed by atoms with Crippen molar-refractivity contribution in [3.63, 3.8) is 0 Å². The van der Waals surface area contributed by atoms with E-state index in [1.165, 1.54) is 6.92 Å². The minimum Gasteiger partial charge on any atom is -0.266 e. The van der Waals surface area contributed by atoms with Crippen LogP contribution in [0.25, 0.3) is 0 Å². The maximum absolute atomic E-state index is 12.0. The molecular weight excluding hydrogens is 128 g/mol. The van der Waals surface area contributed by atoms with Crippen LogP contribution in [0.1, 0.15) is 19.8 Å². The van der Waals surface area contributed by atoms with Gasteiger partial charge in [-0.05, 0) is 6.42 Å². The third-order valence-corrected chi connectivity index (χ3v) is 0.896. The minimum atomic E-state index is -3.42. The Morgan fingerprint density at radius 2 is 2.11 bits per heavy atom. The molecule has 0 aliphatic carbocycles. The van der Waals surface area contributed by atoms with Crippen molar-refractivity contribution in [2.45, 2.75) is 25.7 Å². The molecule has 0 aliphatic rings. The van der Waals surface area contributed by atoms with Gasteiger partial charge in [-0.3, -0.25) is 10.5 Å². The summed E-state index contributed by atoms with van der Waals surface area (Å²) in [4.78, 5) is 9.77. The molecule has 0 aliphatic heterocycles. The highest BCUT2D eigenvalue weighted by atomic mass is 19.3. The molecule has 0 bridgehead atoms. The van der Waals surface area contributed by atoms with Gasteiger partial charge in [0.15, 0.2) is 0 Å². The Morgan fingerprint density at radius 1 is 1.67 bits per heavy atom. The summed E-state index contributed by atoms with van der Waals surface area (Å²) in [6.07, 6.45) is -0.299. The van der Waals surface area contributed by atoms with Gasteiger partial charge in [0, 0.05) is 6.42 Å². The van der Waals surface area contributed by atoms with Gasteiger partial charge in [-0.1, -0.05) is 6.92 Å². The van der Waals surface area contributed by atoms with Crippen molar-refractivity contribution in [2.75, 3.05) is 0 Å². The molecule has 1 N–H and O–H groups in total. The normalized spacial score (nSPS) is 11.4. The van der Waals surface area contributed by atoms with Gasteiger partial charge in [0.05, 0.1) is 0 Å². The highest BCUT2D eigenvalue weighted by molar-refractivity contribution is 5.80. The Kier molecular flexibility index (Phi) is 2.55. The molecule has 9 heavy (non-hydrogen) atoms. The first-order chi connectivity index (χ1) is 4.00. The SMILES string of the molecule is CCCC(F)(F)C([NH])=O. The second-order valence-corrected chi connectivity index (χ2v) is 1.78. The molecule has 0 unspecified atom stereocenters. The Morgan fingerprint density at radius 3 is 2.22 bits per heavy atom. The molecule has 1 amide bonds. The highest BCUT2D eigenvalue weighted by Gasteiger charge is 2.35. The summed E-state index contributed by atoms with van der Waals surface area (Å²) in [6.45, 7) is 1.54. The Hall–Kier alpha value is -0.670. The van der Waals surface area contributed by atoms with Gasteiger partial charge in [0.1, 0.15) is 0 Å². The van der Waals surface area contributed by atoms with Crippen molar-refractivity contribution in [3.05, 3.63) is 0 Å². The summed E-state index contributed by atoms with van der Waals surface area (Å²) >= 11 is 0. The molecule has 0 aromatic rings. The van der Waals surface area contributed by atoms with Crippen molar-refractivity contribution in [1.29, 1.82) is 0 Å². The summed E-state index contributed by atoms with van der Waals surface area (Å²) in [7, 11) is 0. The lowest BCUT2D eigenvalue weighted by molar-refractivity contribution is -0.143. The summed E-state index contributed by atoms with van der Waals surface area (Å²) in [5.41, 5.74) is 6.09. The average Bonchev–Trinajstić information content (AvgIpc) is 1.65. The molecule has 0 aromatic heterocycles. The van der Waals surface area contributed by atoms with Gasteiger partial charge in [0.25, 0.3) is 0 Å². The largest absolute Gasteiger partial charge is 0.326 e. The Bertz CT molecular complexity index is 114. The van der Waals surface area contributed by atoms with Crippen molar-refractivity contribution in [3.8, 4) is 0 Å². The van der Waals surface area contributed by atoms with Crippen LogP contribution in [0.5, 0.6) is 0 Å². The quantitative estimate of drug-likeness (QED) is 0.575. The predicted octanol–water partition coefficient (Wildman–Crippen LogP) is 1.23. The summed E-state index contributed by atoms with van der Waals surface area (Å²) in [6, 6.07) is 0. The molecule has 0 saturated heterocycles. The topological polar surface area (TPSA) is 40.9 Å². The van der Waals surface area contributed by atoms with E-state index in [1.54, 1.807) is 0 Å². The van der Waals surface area contributed by atoms with E-state index in [0.29, 0.717) is 0 Å². The van der Waals surface area contributed by atoms with Crippen molar-refractivity contribution >= 4 is 5.91 Å². The Labute approximate surface area is 52.0 Å². The van der Waals surface area contributed by atoms with Crippen LogP contribution >= 0.6 is 0 Å². The molecule has 0 heterocycles. The third kappa shape index (κ3) is 2.39. The number of hydrogen-bond acceptors (Lipinski definition) is 1. The molecule has 0 spiro atoms. The average molecular weight is 136 g/mol. The number of nitrogens with one attached hydrogen (secondary N) is 1. The van der Waals surface area contributed by atoms with E-state index in [2.05, 4.69) is 0 Å². The number of halogens is 2. The standard InChI is InChI=1S/C5H8F2NO/c1-2-3-5(6,7)4(8)9/h8H,2-3H2,1H3. The smallest absolute Gasteiger partial charge is 0.266 e. The van der Waals surface area contributed by atoms with Gasteiger partial charge in [-0.2, -0.15) is 8.78 Å². The van der Waals surface area contributed by atoms with E-state index in [0.717, 1.165) is 0 Å². The fourth-order valence-electron chi connectivity index (χ4n) is 0.428. The van der Waals surface area contributed by atoms with Gasteiger partial charge in [0.2, 0.25) is 0 Å². The van der Waals surface area contributed by atoms with E-state index < -0.39 is 18.3 Å². The number of alkyl halides is 2. The lowest BCUT2D eigenvalue weighted by atomic mass is 10.2. The summed E-state index contributed by atoms with van der Waals surface area (Å²) in [5.74, 6) is -5.21. The van der Waals surface area contributed by atoms with E-state index >= 15 is 0 Å². The molecular formula is C5H8F2NO. The molecule has 0 aromatic carbocycles. The van der Waals surface area contributed by atoms with Crippen molar-refractivity contribution in [1.82, 2.24) is 5.73 Å². The number of carbonyl (C=O) groups excluding carboxylic acids is 1. The molecule has 0 saturated carbocycles. The van der Waals surface area contributed by atoms with Crippen LogP contribution in [0.4, 0.5) is 8.78 Å². The summed E-state index contributed by atoms with van der Waals surface area (Å²) in [5, 5.41) is 0.